The van der Waals surface area contributed by atoms with Crippen LogP contribution in [0.5, 0.6) is 0 Å². The number of rotatable bonds is 3. The van der Waals surface area contributed by atoms with Gasteiger partial charge in [-0.1, -0.05) is 30.3 Å². The first-order chi connectivity index (χ1) is 13.1. The molecular weight excluding hydrogens is 349 g/mol. The van der Waals surface area contributed by atoms with E-state index in [1.54, 1.807) is 30.6 Å². The minimum atomic E-state index is -1.47. The first-order valence-corrected chi connectivity index (χ1v) is 8.47. The number of nitrogens with one attached hydrogen (secondary N) is 2. The van der Waals surface area contributed by atoms with Crippen molar-refractivity contribution in [3.63, 3.8) is 0 Å². The molecule has 1 saturated carbocycles. The van der Waals surface area contributed by atoms with Gasteiger partial charge in [0.15, 0.2) is 5.65 Å². The molecular formula is C19H14FN5O2. The fourth-order valence-electron chi connectivity index (χ4n) is 3.56. The van der Waals surface area contributed by atoms with Gasteiger partial charge >= 0.3 is 5.69 Å². The largest absolute Gasteiger partial charge is 0.325 e. The van der Waals surface area contributed by atoms with E-state index >= 15 is 4.39 Å². The predicted molar refractivity (Wildman–Crippen MR) is 96.3 cm³/mol. The summed E-state index contributed by atoms with van der Waals surface area (Å²) in [6, 6.07) is 10.7. The molecule has 0 spiro atoms. The second kappa shape index (κ2) is 5.47. The highest BCUT2D eigenvalue weighted by molar-refractivity contribution is 5.64. The van der Waals surface area contributed by atoms with Crippen LogP contribution in [0.2, 0.25) is 0 Å². The minimum absolute atomic E-state index is 0.205. The van der Waals surface area contributed by atoms with Crippen LogP contribution in [0.15, 0.2) is 64.6 Å². The van der Waals surface area contributed by atoms with Crippen LogP contribution in [0.3, 0.4) is 0 Å². The first-order valence-electron chi connectivity index (χ1n) is 8.47. The van der Waals surface area contributed by atoms with E-state index in [9.17, 15) is 9.59 Å². The van der Waals surface area contributed by atoms with E-state index in [4.69, 9.17) is 0 Å². The maximum atomic E-state index is 15.5. The second-order valence-corrected chi connectivity index (χ2v) is 6.65. The summed E-state index contributed by atoms with van der Waals surface area (Å²) in [5.41, 5.74) is -0.207. The zero-order valence-electron chi connectivity index (χ0n) is 14.0. The zero-order valence-corrected chi connectivity index (χ0v) is 14.0. The molecule has 4 aromatic rings. The molecule has 0 unspecified atom stereocenters. The Balaban J connectivity index is 1.66. The fraction of sp³-hybridized carbons (Fsp3) is 0.158. The molecule has 0 aliphatic heterocycles. The van der Waals surface area contributed by atoms with Gasteiger partial charge in [-0.15, -0.1) is 0 Å². The fourth-order valence-corrected chi connectivity index (χ4v) is 3.56. The smallest absolute Gasteiger partial charge is 0.313 e. The van der Waals surface area contributed by atoms with Gasteiger partial charge in [-0.3, -0.25) is 9.78 Å². The molecule has 27 heavy (non-hydrogen) atoms. The lowest BCUT2D eigenvalue weighted by Gasteiger charge is -2.10. The summed E-state index contributed by atoms with van der Waals surface area (Å²) < 4.78 is 17.0. The molecule has 2 atom stereocenters. The van der Waals surface area contributed by atoms with Crippen LogP contribution in [-0.2, 0) is 5.67 Å². The highest BCUT2D eigenvalue weighted by Crippen LogP contribution is 2.62. The molecule has 8 heteroatoms. The molecule has 1 aliphatic carbocycles. The van der Waals surface area contributed by atoms with E-state index in [-0.39, 0.29) is 11.5 Å². The van der Waals surface area contributed by atoms with Crippen molar-refractivity contribution in [2.24, 2.45) is 0 Å². The van der Waals surface area contributed by atoms with Gasteiger partial charge < -0.3 is 4.98 Å². The lowest BCUT2D eigenvalue weighted by atomic mass is 10.0. The summed E-state index contributed by atoms with van der Waals surface area (Å²) in [5.74, 6) is -0.381. The Bertz CT molecular complexity index is 1280. The van der Waals surface area contributed by atoms with Crippen molar-refractivity contribution in [2.75, 3.05) is 0 Å². The summed E-state index contributed by atoms with van der Waals surface area (Å²) in [4.78, 5) is 32.3. The van der Waals surface area contributed by atoms with Crippen LogP contribution in [-0.4, -0.2) is 24.6 Å². The number of aromatic amines is 2. The van der Waals surface area contributed by atoms with E-state index in [1.807, 2.05) is 18.2 Å². The monoisotopic (exact) mass is 363 g/mol. The number of halogens is 1. The van der Waals surface area contributed by atoms with Gasteiger partial charge in [-0.2, -0.15) is 5.10 Å². The Morgan fingerprint density at radius 1 is 1.22 bits per heavy atom. The molecule has 3 heterocycles. The zero-order chi connectivity index (χ0) is 18.6. The topological polar surface area (TPSA) is 95.9 Å². The number of nitrogens with zero attached hydrogens (tertiary/aromatic N) is 3. The summed E-state index contributed by atoms with van der Waals surface area (Å²) in [6.07, 6.45) is 4.87. The number of hydrogen-bond donors (Lipinski definition) is 2. The average Bonchev–Trinajstić information content (AvgIpc) is 3.13. The SMILES string of the molecule is O=c1[nH]cc(-c2cc([C@H]3C[C@]3(F)c3ccccc3)c3nccn3n2)c(=O)[nH]1. The van der Waals surface area contributed by atoms with Crippen molar-refractivity contribution in [1.29, 1.82) is 0 Å². The van der Waals surface area contributed by atoms with Crippen LogP contribution in [0, 0.1) is 0 Å². The van der Waals surface area contributed by atoms with E-state index < -0.39 is 16.9 Å². The first kappa shape index (κ1) is 15.7. The average molecular weight is 363 g/mol. The Kier molecular flexibility index (Phi) is 3.18. The third-order valence-electron chi connectivity index (χ3n) is 5.01. The number of hydrogen-bond acceptors (Lipinski definition) is 4. The van der Waals surface area contributed by atoms with Gasteiger partial charge in [-0.25, -0.2) is 18.7 Å². The molecule has 1 aromatic carbocycles. The van der Waals surface area contributed by atoms with E-state index in [1.165, 1.54) is 10.7 Å². The highest BCUT2D eigenvalue weighted by Gasteiger charge is 2.58. The Hall–Kier alpha value is -3.55. The van der Waals surface area contributed by atoms with Crippen molar-refractivity contribution in [1.82, 2.24) is 24.6 Å². The van der Waals surface area contributed by atoms with Crippen molar-refractivity contribution < 1.29 is 4.39 Å². The number of aromatic nitrogens is 5. The van der Waals surface area contributed by atoms with Crippen LogP contribution in [0.4, 0.5) is 4.39 Å². The maximum absolute atomic E-state index is 15.5. The van der Waals surface area contributed by atoms with E-state index in [0.717, 1.165) is 0 Å². The molecule has 2 N–H and O–H groups in total. The van der Waals surface area contributed by atoms with Gasteiger partial charge in [0.2, 0.25) is 0 Å². The number of benzene rings is 1. The molecule has 5 rings (SSSR count). The van der Waals surface area contributed by atoms with Crippen LogP contribution in [0.25, 0.3) is 16.9 Å². The van der Waals surface area contributed by atoms with Crippen molar-refractivity contribution in [3.05, 3.63) is 87.0 Å². The van der Waals surface area contributed by atoms with Crippen LogP contribution >= 0.6 is 0 Å². The number of H-pyrrole nitrogens is 2. The minimum Gasteiger partial charge on any atom is -0.313 e. The van der Waals surface area contributed by atoms with Crippen molar-refractivity contribution in [2.45, 2.75) is 18.0 Å². The van der Waals surface area contributed by atoms with Crippen LogP contribution in [0.1, 0.15) is 23.5 Å². The Labute approximate surface area is 151 Å². The molecule has 134 valence electrons. The summed E-state index contributed by atoms with van der Waals surface area (Å²) in [6.45, 7) is 0. The van der Waals surface area contributed by atoms with Crippen molar-refractivity contribution in [3.8, 4) is 11.3 Å². The predicted octanol–water partition coefficient (Wildman–Crippen LogP) is 2.13. The lowest BCUT2D eigenvalue weighted by molar-refractivity contribution is 0.306. The molecule has 3 aromatic heterocycles. The third kappa shape index (κ3) is 2.41. The summed E-state index contributed by atoms with van der Waals surface area (Å²) in [7, 11) is 0. The van der Waals surface area contributed by atoms with Crippen LogP contribution < -0.4 is 11.2 Å². The number of fused-ring (bicyclic) bond motifs is 1. The van der Waals surface area contributed by atoms with Crippen molar-refractivity contribution >= 4 is 5.65 Å². The molecule has 0 bridgehead atoms. The Morgan fingerprint density at radius 2 is 2.04 bits per heavy atom. The number of alkyl halides is 1. The van der Waals surface area contributed by atoms with Gasteiger partial charge in [-0.05, 0) is 18.1 Å². The van der Waals surface area contributed by atoms with Gasteiger partial charge in [0.1, 0.15) is 5.67 Å². The standard InChI is InChI=1S/C19H14FN5O2/c20-19(11-4-2-1-3-5-11)9-14(19)12-8-15(24-25-7-6-21-16(12)25)13-10-22-18(27)23-17(13)26/h1-8,10,14H,9H2,(H2,22,23,26,27)/t14-,19+/m1/s1. The van der Waals surface area contributed by atoms with E-state index in [0.29, 0.717) is 28.9 Å². The van der Waals surface area contributed by atoms with Gasteiger partial charge in [0.25, 0.3) is 5.56 Å². The normalized spacial score (nSPS) is 21.4. The number of imidazole rings is 1. The summed E-state index contributed by atoms with van der Waals surface area (Å²) in [5, 5.41) is 4.38. The Morgan fingerprint density at radius 3 is 2.81 bits per heavy atom. The van der Waals surface area contributed by atoms with Gasteiger partial charge in [0, 0.05) is 30.1 Å². The highest BCUT2D eigenvalue weighted by atomic mass is 19.1. The molecule has 1 aliphatic rings. The molecule has 0 saturated heterocycles. The second-order valence-electron chi connectivity index (χ2n) is 6.65. The molecule has 0 radical (unpaired) electrons. The summed E-state index contributed by atoms with van der Waals surface area (Å²) >= 11 is 0. The molecule has 1 fully saturated rings. The lowest BCUT2D eigenvalue weighted by Crippen LogP contribution is -2.23. The maximum Gasteiger partial charge on any atom is 0.325 e. The molecule has 7 nitrogen and oxygen atoms in total. The quantitative estimate of drug-likeness (QED) is 0.583. The van der Waals surface area contributed by atoms with E-state index in [2.05, 4.69) is 20.1 Å². The molecule has 0 amide bonds. The third-order valence-corrected chi connectivity index (χ3v) is 5.01. The van der Waals surface area contributed by atoms with Gasteiger partial charge in [0.05, 0.1) is 11.3 Å².